The number of hydrogen-bond acceptors (Lipinski definition) is 6. The number of rotatable bonds is 8. The Morgan fingerprint density at radius 2 is 1.94 bits per heavy atom. The summed E-state index contributed by atoms with van der Waals surface area (Å²) in [5.41, 5.74) is 1.90. The van der Waals surface area contributed by atoms with E-state index in [1.165, 1.54) is 10.3 Å². The van der Waals surface area contributed by atoms with Gasteiger partial charge in [0, 0.05) is 30.7 Å². The number of carbonyl (C=O) groups is 2. The van der Waals surface area contributed by atoms with Crippen molar-refractivity contribution in [1.29, 1.82) is 0 Å². The van der Waals surface area contributed by atoms with E-state index in [1.54, 1.807) is 0 Å². The van der Waals surface area contributed by atoms with Crippen LogP contribution in [0.15, 0.2) is 54.6 Å². The Kier molecular flexibility index (Phi) is 6.27. The minimum atomic E-state index is -0.647. The Hall–Kier alpha value is -3.26. The highest BCUT2D eigenvalue weighted by Crippen LogP contribution is 2.28. The van der Waals surface area contributed by atoms with Crippen LogP contribution in [0.3, 0.4) is 0 Å². The van der Waals surface area contributed by atoms with Crippen LogP contribution in [-0.4, -0.2) is 47.0 Å². The molecule has 0 spiro atoms. The van der Waals surface area contributed by atoms with Crippen molar-refractivity contribution in [2.75, 3.05) is 29.9 Å². The summed E-state index contributed by atoms with van der Waals surface area (Å²) >= 11 is 5.30. The molecule has 0 aliphatic carbocycles. The summed E-state index contributed by atoms with van der Waals surface area (Å²) in [6.07, 6.45) is 0.875. The molecule has 0 radical (unpaired) electrons. The molecule has 0 bridgehead atoms. The standard InChI is InChI=1S/C23H25N5O2S/c1-2-27(16-9-4-3-5-10-16)14-8-13-24-20(29)15-19-22(30)28-21(25-19)17-11-6-7-12-18(17)26-23(28)31/h3-7,9-12,19,25H,2,8,13-15H2,1H3,(H,24,29). The molecular formula is C23H25N5O2S. The van der Waals surface area contributed by atoms with Gasteiger partial charge >= 0.3 is 0 Å². The molecule has 7 nitrogen and oxygen atoms in total. The Morgan fingerprint density at radius 3 is 2.71 bits per heavy atom. The van der Waals surface area contributed by atoms with E-state index < -0.39 is 6.04 Å². The van der Waals surface area contributed by atoms with Crippen molar-refractivity contribution in [3.8, 4) is 0 Å². The first-order valence-electron chi connectivity index (χ1n) is 10.5. The molecule has 0 saturated carbocycles. The van der Waals surface area contributed by atoms with Gasteiger partial charge in [-0.25, -0.2) is 9.55 Å². The molecule has 1 unspecified atom stereocenters. The van der Waals surface area contributed by atoms with Gasteiger partial charge in [-0.2, -0.15) is 0 Å². The number of benzene rings is 2. The zero-order valence-electron chi connectivity index (χ0n) is 17.4. The molecule has 31 heavy (non-hydrogen) atoms. The van der Waals surface area contributed by atoms with Crippen molar-refractivity contribution in [3.63, 3.8) is 0 Å². The summed E-state index contributed by atoms with van der Waals surface area (Å²) < 4.78 is 1.60. The Balaban J connectivity index is 1.32. The third-order valence-corrected chi connectivity index (χ3v) is 5.71. The van der Waals surface area contributed by atoms with Gasteiger partial charge in [0.25, 0.3) is 5.91 Å². The number of para-hydroxylation sites is 2. The van der Waals surface area contributed by atoms with Crippen LogP contribution in [0.5, 0.6) is 0 Å². The summed E-state index contributed by atoms with van der Waals surface area (Å²) in [7, 11) is 0. The molecule has 1 aliphatic rings. The maximum atomic E-state index is 12.8. The number of amides is 1. The van der Waals surface area contributed by atoms with Crippen molar-refractivity contribution in [2.24, 2.45) is 0 Å². The van der Waals surface area contributed by atoms with Gasteiger partial charge in [-0.3, -0.25) is 9.59 Å². The number of hydrogen-bond donors (Lipinski definition) is 2. The number of fused-ring (bicyclic) bond motifs is 3. The zero-order valence-corrected chi connectivity index (χ0v) is 18.2. The van der Waals surface area contributed by atoms with Crippen molar-refractivity contribution in [3.05, 3.63) is 59.4 Å². The van der Waals surface area contributed by atoms with Gasteiger partial charge in [-0.1, -0.05) is 30.3 Å². The minimum absolute atomic E-state index is 0.0553. The van der Waals surface area contributed by atoms with E-state index in [-0.39, 0.29) is 23.0 Å². The molecule has 0 saturated heterocycles. The SMILES string of the molecule is CCN(CCCNC(=O)CC1Nc2c3ccccc3nc(=S)n2C1=O)c1ccccc1. The molecule has 1 atom stereocenters. The van der Waals surface area contributed by atoms with Crippen molar-refractivity contribution < 1.29 is 9.59 Å². The number of carbonyl (C=O) groups excluding carboxylic acids is 2. The molecule has 160 valence electrons. The minimum Gasteiger partial charge on any atom is -0.372 e. The van der Waals surface area contributed by atoms with Crippen LogP contribution in [-0.2, 0) is 4.79 Å². The van der Waals surface area contributed by atoms with E-state index >= 15 is 0 Å². The largest absolute Gasteiger partial charge is 0.372 e. The molecule has 3 aromatic rings. The normalized spacial score (nSPS) is 14.9. The number of nitrogens with one attached hydrogen (secondary N) is 2. The van der Waals surface area contributed by atoms with Gasteiger partial charge in [-0.15, -0.1) is 0 Å². The van der Waals surface area contributed by atoms with Crippen LogP contribution in [0.1, 0.15) is 24.6 Å². The molecule has 1 aliphatic heterocycles. The second kappa shape index (κ2) is 9.26. The molecule has 2 aromatic carbocycles. The highest BCUT2D eigenvalue weighted by Gasteiger charge is 2.33. The monoisotopic (exact) mass is 435 g/mol. The summed E-state index contributed by atoms with van der Waals surface area (Å²) in [5, 5.41) is 6.92. The van der Waals surface area contributed by atoms with Crippen molar-refractivity contribution >= 4 is 46.4 Å². The molecule has 4 rings (SSSR count). The van der Waals surface area contributed by atoms with Gasteiger partial charge in [0.2, 0.25) is 10.7 Å². The fourth-order valence-corrected chi connectivity index (χ4v) is 4.15. The summed E-state index contributed by atoms with van der Waals surface area (Å²) in [5.74, 6) is 0.208. The van der Waals surface area contributed by atoms with Gasteiger partial charge < -0.3 is 15.5 Å². The molecule has 2 heterocycles. The summed E-state index contributed by atoms with van der Waals surface area (Å²) in [4.78, 5) is 31.9. The predicted molar refractivity (Wildman–Crippen MR) is 125 cm³/mol. The van der Waals surface area contributed by atoms with Crippen molar-refractivity contribution in [2.45, 2.75) is 25.8 Å². The molecule has 8 heteroatoms. The number of aromatic nitrogens is 2. The lowest BCUT2D eigenvalue weighted by Gasteiger charge is -2.23. The van der Waals surface area contributed by atoms with Gasteiger partial charge in [0.15, 0.2) is 0 Å². The lowest BCUT2D eigenvalue weighted by Crippen LogP contribution is -2.35. The maximum absolute atomic E-state index is 12.8. The summed E-state index contributed by atoms with van der Waals surface area (Å²) in [6.45, 7) is 4.42. The van der Waals surface area contributed by atoms with E-state index in [1.807, 2.05) is 42.5 Å². The van der Waals surface area contributed by atoms with Crippen LogP contribution in [0, 0.1) is 4.77 Å². The van der Waals surface area contributed by atoms with Gasteiger partial charge in [0.1, 0.15) is 11.9 Å². The third kappa shape index (κ3) is 4.44. The average molecular weight is 436 g/mol. The molecule has 2 N–H and O–H groups in total. The molecule has 1 aromatic heterocycles. The smallest absolute Gasteiger partial charge is 0.257 e. The Labute approximate surface area is 186 Å². The first-order valence-corrected chi connectivity index (χ1v) is 10.9. The van der Waals surface area contributed by atoms with E-state index in [4.69, 9.17) is 12.2 Å². The number of nitrogens with zero attached hydrogens (tertiary/aromatic N) is 3. The zero-order chi connectivity index (χ0) is 21.8. The average Bonchev–Trinajstić information content (AvgIpc) is 3.11. The fraction of sp³-hybridized carbons (Fsp3) is 0.304. The first kappa shape index (κ1) is 21.0. The van der Waals surface area contributed by atoms with Gasteiger partial charge in [-0.05, 0) is 49.8 Å². The quantitative estimate of drug-likeness (QED) is 0.416. The Morgan fingerprint density at radius 1 is 1.19 bits per heavy atom. The van der Waals surface area contributed by atoms with Crippen LogP contribution in [0.25, 0.3) is 10.9 Å². The topological polar surface area (TPSA) is 79.3 Å². The molecular weight excluding hydrogens is 410 g/mol. The van der Waals surface area contributed by atoms with Crippen molar-refractivity contribution in [1.82, 2.24) is 14.9 Å². The fourth-order valence-electron chi connectivity index (χ4n) is 3.87. The second-order valence-electron chi connectivity index (χ2n) is 7.45. The lowest BCUT2D eigenvalue weighted by atomic mass is 10.2. The van der Waals surface area contributed by atoms with Crippen LogP contribution < -0.4 is 15.5 Å². The maximum Gasteiger partial charge on any atom is 0.257 e. The lowest BCUT2D eigenvalue weighted by molar-refractivity contribution is -0.121. The number of anilines is 2. The molecule has 0 fully saturated rings. The van der Waals surface area contributed by atoms with Gasteiger partial charge in [0.05, 0.1) is 11.9 Å². The van der Waals surface area contributed by atoms with E-state index in [2.05, 4.69) is 39.6 Å². The second-order valence-corrected chi connectivity index (χ2v) is 7.82. The third-order valence-electron chi connectivity index (χ3n) is 5.44. The van der Waals surface area contributed by atoms with E-state index in [9.17, 15) is 9.59 Å². The van der Waals surface area contributed by atoms with Crippen LogP contribution >= 0.6 is 12.2 Å². The molecule has 1 amide bonds. The highest BCUT2D eigenvalue weighted by molar-refractivity contribution is 7.71. The Bertz CT molecular complexity index is 1160. The first-order chi connectivity index (χ1) is 15.1. The van der Waals surface area contributed by atoms with E-state index in [0.717, 1.165) is 30.4 Å². The summed E-state index contributed by atoms with van der Waals surface area (Å²) in [6, 6.07) is 17.1. The van der Waals surface area contributed by atoms with Crippen LogP contribution in [0.4, 0.5) is 11.5 Å². The van der Waals surface area contributed by atoms with E-state index in [0.29, 0.717) is 12.4 Å². The van der Waals surface area contributed by atoms with Crippen LogP contribution in [0.2, 0.25) is 0 Å². The predicted octanol–water partition coefficient (Wildman–Crippen LogP) is 3.62. The highest BCUT2D eigenvalue weighted by atomic mass is 32.1.